The molecule has 20 heavy (non-hydrogen) atoms. The van der Waals surface area contributed by atoms with Crippen LogP contribution in [0.15, 0.2) is 18.2 Å². The van der Waals surface area contributed by atoms with Gasteiger partial charge in [0.05, 0.1) is 27.8 Å². The Morgan fingerprint density at radius 3 is 2.30 bits per heavy atom. The maximum atomic E-state index is 11.7. The second-order valence-corrected chi connectivity index (χ2v) is 8.56. The molecule has 0 fully saturated rings. The average molecular weight is 342 g/mol. The average Bonchev–Trinajstić information content (AvgIpc) is 2.28. The van der Waals surface area contributed by atoms with E-state index in [0.29, 0.717) is 0 Å². The first-order valence-corrected chi connectivity index (χ1v) is 9.30. The summed E-state index contributed by atoms with van der Waals surface area (Å²) in [6.45, 7) is 0. The van der Waals surface area contributed by atoms with E-state index in [-0.39, 0.29) is 16.3 Å². The number of hydrogen-bond acceptors (Lipinski definition) is 5. The lowest BCUT2D eigenvalue weighted by molar-refractivity contribution is 0.0697. The van der Waals surface area contributed by atoms with Crippen molar-refractivity contribution in [3.8, 4) is 0 Å². The number of sulfonamides is 1. The molecule has 10 heteroatoms. The summed E-state index contributed by atoms with van der Waals surface area (Å²) >= 11 is 5.76. The summed E-state index contributed by atoms with van der Waals surface area (Å²) in [6, 6.07) is 3.48. The van der Waals surface area contributed by atoms with E-state index in [1.807, 2.05) is 0 Å². The van der Waals surface area contributed by atoms with Crippen molar-refractivity contribution in [2.24, 2.45) is 0 Å². The molecule has 1 aromatic carbocycles. The number of aromatic carboxylic acids is 1. The van der Waals surface area contributed by atoms with Gasteiger partial charge in [-0.1, -0.05) is 11.6 Å². The van der Waals surface area contributed by atoms with Crippen LogP contribution in [0, 0.1) is 0 Å². The Labute approximate surface area is 121 Å². The lowest BCUT2D eigenvalue weighted by Crippen LogP contribution is -2.22. The molecule has 0 saturated heterocycles. The number of carbonyl (C=O) groups is 1. The molecular formula is C10H12ClNO6S2. The van der Waals surface area contributed by atoms with Crippen LogP contribution in [0.25, 0.3) is 0 Å². The van der Waals surface area contributed by atoms with E-state index in [4.69, 9.17) is 16.7 Å². The van der Waals surface area contributed by atoms with Gasteiger partial charge in [-0.2, -0.15) is 0 Å². The lowest BCUT2D eigenvalue weighted by atomic mass is 10.2. The Bertz CT molecular complexity index is 726. The van der Waals surface area contributed by atoms with Gasteiger partial charge >= 0.3 is 5.97 Å². The summed E-state index contributed by atoms with van der Waals surface area (Å²) in [4.78, 5) is 10.7. The van der Waals surface area contributed by atoms with Crippen LogP contribution >= 0.6 is 11.6 Å². The van der Waals surface area contributed by atoms with E-state index < -0.39 is 37.3 Å². The van der Waals surface area contributed by atoms with Crippen molar-refractivity contribution >= 4 is 43.1 Å². The number of benzene rings is 1. The van der Waals surface area contributed by atoms with Gasteiger partial charge < -0.3 is 5.11 Å². The Balaban J connectivity index is 2.90. The molecule has 0 amide bonds. The minimum Gasteiger partial charge on any atom is -0.478 e. The quantitative estimate of drug-likeness (QED) is 0.791. The maximum Gasteiger partial charge on any atom is 0.335 e. The molecular weight excluding hydrogens is 330 g/mol. The highest BCUT2D eigenvalue weighted by atomic mass is 35.5. The van der Waals surface area contributed by atoms with E-state index in [0.717, 1.165) is 12.3 Å². The fraction of sp³-hybridized carbons (Fsp3) is 0.300. The highest BCUT2D eigenvalue weighted by Gasteiger charge is 2.16. The molecule has 0 aromatic heterocycles. The summed E-state index contributed by atoms with van der Waals surface area (Å²) in [6.07, 6.45) is 0.928. The lowest BCUT2D eigenvalue weighted by Gasteiger charge is -2.09. The number of halogens is 1. The van der Waals surface area contributed by atoms with Gasteiger partial charge in [0.1, 0.15) is 9.84 Å². The predicted molar refractivity (Wildman–Crippen MR) is 75.5 cm³/mol. The summed E-state index contributed by atoms with van der Waals surface area (Å²) in [7, 11) is -7.29. The molecule has 0 spiro atoms. The summed E-state index contributed by atoms with van der Waals surface area (Å²) in [5, 5.41) is 8.65. The van der Waals surface area contributed by atoms with Gasteiger partial charge in [-0.15, -0.1) is 0 Å². The first kappa shape index (κ1) is 16.7. The summed E-state index contributed by atoms with van der Waals surface area (Å²) < 4.78 is 47.3. The van der Waals surface area contributed by atoms with E-state index in [2.05, 4.69) is 4.72 Å². The van der Waals surface area contributed by atoms with Crippen molar-refractivity contribution in [3.63, 3.8) is 0 Å². The molecule has 0 bridgehead atoms. The summed E-state index contributed by atoms with van der Waals surface area (Å²) in [5.41, 5.74) is -0.0979. The molecule has 0 radical (unpaired) electrons. The second kappa shape index (κ2) is 5.98. The molecule has 0 saturated carbocycles. The standard InChI is InChI=1S/C10H12ClNO6S2/c1-19(15,16)4-5-20(17,18)12-9-3-2-7(10(13)14)6-8(9)11/h2-3,6,12H,4-5H2,1H3,(H,13,14). The molecule has 112 valence electrons. The fourth-order valence-corrected chi connectivity index (χ4v) is 4.20. The Morgan fingerprint density at radius 1 is 1.25 bits per heavy atom. The number of carboxylic acids is 1. The normalized spacial score (nSPS) is 12.1. The minimum atomic E-state index is -3.88. The van der Waals surface area contributed by atoms with E-state index >= 15 is 0 Å². The zero-order valence-corrected chi connectivity index (χ0v) is 12.7. The van der Waals surface area contributed by atoms with Crippen molar-refractivity contribution < 1.29 is 26.7 Å². The molecule has 0 heterocycles. The van der Waals surface area contributed by atoms with Crippen LogP contribution in [0.1, 0.15) is 10.4 Å². The van der Waals surface area contributed by atoms with Crippen LogP contribution in [0.4, 0.5) is 5.69 Å². The van der Waals surface area contributed by atoms with Gasteiger partial charge in [0.15, 0.2) is 0 Å². The first-order chi connectivity index (χ1) is 9.00. The maximum absolute atomic E-state index is 11.7. The third-order valence-corrected chi connectivity index (χ3v) is 4.99. The number of sulfone groups is 1. The van der Waals surface area contributed by atoms with Gasteiger partial charge in [-0.25, -0.2) is 21.6 Å². The highest BCUT2D eigenvalue weighted by Crippen LogP contribution is 2.24. The van der Waals surface area contributed by atoms with Crippen LogP contribution < -0.4 is 4.72 Å². The van der Waals surface area contributed by atoms with Gasteiger partial charge in [-0.05, 0) is 18.2 Å². The fourth-order valence-electron chi connectivity index (χ4n) is 1.21. The topological polar surface area (TPSA) is 118 Å². The van der Waals surface area contributed by atoms with Crippen molar-refractivity contribution in [3.05, 3.63) is 28.8 Å². The molecule has 0 aliphatic heterocycles. The Hall–Kier alpha value is -1.32. The molecule has 7 nitrogen and oxygen atoms in total. The molecule has 1 aromatic rings. The summed E-state index contributed by atoms with van der Waals surface area (Å²) in [5.74, 6) is -2.32. The third-order valence-electron chi connectivity index (χ3n) is 2.20. The predicted octanol–water partition coefficient (Wildman–Crippen LogP) is 0.824. The van der Waals surface area contributed by atoms with Crippen molar-refractivity contribution in [1.82, 2.24) is 0 Å². The van der Waals surface area contributed by atoms with Crippen molar-refractivity contribution in [2.45, 2.75) is 0 Å². The van der Waals surface area contributed by atoms with E-state index in [1.165, 1.54) is 12.1 Å². The number of carboxylic acid groups (broad SMARTS) is 1. The van der Waals surface area contributed by atoms with Crippen LogP contribution in [0.5, 0.6) is 0 Å². The number of nitrogens with one attached hydrogen (secondary N) is 1. The Morgan fingerprint density at radius 2 is 1.85 bits per heavy atom. The number of hydrogen-bond donors (Lipinski definition) is 2. The molecule has 1 rings (SSSR count). The van der Waals surface area contributed by atoms with Gasteiger partial charge in [0.2, 0.25) is 10.0 Å². The first-order valence-electron chi connectivity index (χ1n) is 5.21. The molecule has 2 N–H and O–H groups in total. The van der Waals surface area contributed by atoms with E-state index in [9.17, 15) is 21.6 Å². The van der Waals surface area contributed by atoms with Crippen LogP contribution in [0.3, 0.4) is 0 Å². The number of rotatable bonds is 6. The Kier molecular flexibility index (Phi) is 5.00. The van der Waals surface area contributed by atoms with Gasteiger partial charge in [-0.3, -0.25) is 4.72 Å². The van der Waals surface area contributed by atoms with Crippen LogP contribution in [-0.2, 0) is 19.9 Å². The largest absolute Gasteiger partial charge is 0.478 e. The monoisotopic (exact) mass is 341 g/mol. The third kappa shape index (κ3) is 5.35. The van der Waals surface area contributed by atoms with E-state index in [1.54, 1.807) is 0 Å². The van der Waals surface area contributed by atoms with Crippen LogP contribution in [-0.4, -0.2) is 45.7 Å². The SMILES string of the molecule is CS(=O)(=O)CCS(=O)(=O)Nc1ccc(C(=O)O)cc1Cl. The van der Waals surface area contributed by atoms with Crippen molar-refractivity contribution in [2.75, 3.05) is 22.5 Å². The number of anilines is 1. The smallest absolute Gasteiger partial charge is 0.335 e. The van der Waals surface area contributed by atoms with Crippen LogP contribution in [0.2, 0.25) is 5.02 Å². The second-order valence-electron chi connectivity index (χ2n) is 4.05. The van der Waals surface area contributed by atoms with Gasteiger partial charge in [0, 0.05) is 6.26 Å². The van der Waals surface area contributed by atoms with Gasteiger partial charge in [0.25, 0.3) is 0 Å². The molecule has 0 aliphatic carbocycles. The van der Waals surface area contributed by atoms with Crippen molar-refractivity contribution in [1.29, 1.82) is 0 Å². The minimum absolute atomic E-state index is 0.00910. The zero-order chi connectivity index (χ0) is 15.6. The molecule has 0 aliphatic rings. The molecule has 0 unspecified atom stereocenters. The zero-order valence-electron chi connectivity index (χ0n) is 10.3. The highest BCUT2D eigenvalue weighted by molar-refractivity contribution is 7.95. The molecule has 0 atom stereocenters.